The summed E-state index contributed by atoms with van der Waals surface area (Å²) >= 11 is 0. The summed E-state index contributed by atoms with van der Waals surface area (Å²) in [4.78, 5) is 0. The Bertz CT molecular complexity index is 269. The van der Waals surface area contributed by atoms with E-state index in [-0.39, 0.29) is 0 Å². The predicted octanol–water partition coefficient (Wildman–Crippen LogP) is 1.99. The van der Waals surface area contributed by atoms with Crippen molar-refractivity contribution in [3.8, 4) is 0 Å². The topological polar surface area (TPSA) is 36.1 Å². The van der Waals surface area contributed by atoms with Gasteiger partial charge in [-0.2, -0.15) is 0 Å². The number of anilines is 3. The van der Waals surface area contributed by atoms with E-state index < -0.39 is 0 Å². The molecule has 0 bridgehead atoms. The van der Waals surface area contributed by atoms with E-state index in [4.69, 9.17) is 0 Å². The molecule has 13 heavy (non-hydrogen) atoms. The van der Waals surface area contributed by atoms with Crippen molar-refractivity contribution in [1.29, 1.82) is 0 Å². The zero-order valence-corrected chi connectivity index (χ0v) is 8.36. The lowest BCUT2D eigenvalue weighted by molar-refractivity contribution is 1.41. The van der Waals surface area contributed by atoms with Crippen molar-refractivity contribution in [2.45, 2.75) is 0 Å². The highest BCUT2D eigenvalue weighted by Gasteiger charge is 2.03. The van der Waals surface area contributed by atoms with Crippen LogP contribution in [0.1, 0.15) is 5.56 Å². The summed E-state index contributed by atoms with van der Waals surface area (Å²) in [5.74, 6) is 0. The molecule has 3 nitrogen and oxygen atoms in total. The van der Waals surface area contributed by atoms with Crippen LogP contribution in [0, 0.1) is 6.92 Å². The first-order chi connectivity index (χ1) is 6.22. The molecule has 0 aliphatic heterocycles. The van der Waals surface area contributed by atoms with Gasteiger partial charge in [0.05, 0.1) is 0 Å². The van der Waals surface area contributed by atoms with E-state index in [1.807, 2.05) is 33.3 Å². The Kier molecular flexibility index (Phi) is 3.01. The number of benzene rings is 1. The molecule has 0 aliphatic carbocycles. The molecule has 0 fully saturated rings. The van der Waals surface area contributed by atoms with Gasteiger partial charge in [-0.05, 0) is 24.6 Å². The minimum absolute atomic E-state index is 0.990. The molecule has 0 atom stereocenters. The quantitative estimate of drug-likeness (QED) is 0.662. The molecular formula is C10H16N3. The summed E-state index contributed by atoms with van der Waals surface area (Å²) in [5.41, 5.74) is 4.14. The van der Waals surface area contributed by atoms with Crippen LogP contribution < -0.4 is 16.0 Å². The molecule has 0 saturated heterocycles. The lowest BCUT2D eigenvalue weighted by Crippen LogP contribution is -2.00. The van der Waals surface area contributed by atoms with Gasteiger partial charge in [0.1, 0.15) is 0 Å². The number of hydrogen-bond donors (Lipinski definition) is 3. The number of nitrogens with one attached hydrogen (secondary N) is 3. The Hall–Kier alpha value is -1.38. The van der Waals surface area contributed by atoms with Gasteiger partial charge in [0, 0.05) is 38.2 Å². The van der Waals surface area contributed by atoms with Crippen molar-refractivity contribution in [1.82, 2.24) is 0 Å². The second-order valence-corrected chi connectivity index (χ2v) is 2.80. The summed E-state index contributed by atoms with van der Waals surface area (Å²) in [6.45, 7) is 3.98. The predicted molar refractivity (Wildman–Crippen MR) is 59.5 cm³/mol. The summed E-state index contributed by atoms with van der Waals surface area (Å²) in [5, 5.41) is 9.30. The smallest absolute Gasteiger partial charge is 0.0411 e. The van der Waals surface area contributed by atoms with Gasteiger partial charge < -0.3 is 16.0 Å². The van der Waals surface area contributed by atoms with Crippen molar-refractivity contribution >= 4 is 17.1 Å². The molecule has 0 spiro atoms. The van der Waals surface area contributed by atoms with E-state index in [0.29, 0.717) is 0 Å². The molecule has 0 aliphatic rings. The highest BCUT2D eigenvalue weighted by atomic mass is 14.9. The maximum absolute atomic E-state index is 3.98. The first-order valence-corrected chi connectivity index (χ1v) is 4.26. The molecule has 0 heterocycles. The van der Waals surface area contributed by atoms with Gasteiger partial charge in [0.25, 0.3) is 0 Å². The summed E-state index contributed by atoms with van der Waals surface area (Å²) in [6, 6.07) is 4.06. The van der Waals surface area contributed by atoms with Crippen molar-refractivity contribution in [2.75, 3.05) is 37.1 Å². The van der Waals surface area contributed by atoms with Crippen LogP contribution in [0.5, 0.6) is 0 Å². The van der Waals surface area contributed by atoms with E-state index >= 15 is 0 Å². The van der Waals surface area contributed by atoms with Gasteiger partial charge in [-0.25, -0.2) is 0 Å². The van der Waals surface area contributed by atoms with Crippen LogP contribution in [0.4, 0.5) is 17.1 Å². The average molecular weight is 178 g/mol. The van der Waals surface area contributed by atoms with Crippen LogP contribution in [-0.2, 0) is 0 Å². The Morgan fingerprint density at radius 2 is 1.38 bits per heavy atom. The first kappa shape index (κ1) is 9.71. The largest absolute Gasteiger partial charge is 0.388 e. The van der Waals surface area contributed by atoms with Crippen molar-refractivity contribution in [3.63, 3.8) is 0 Å². The Balaban J connectivity index is 3.20. The monoisotopic (exact) mass is 178 g/mol. The highest BCUT2D eigenvalue weighted by Crippen LogP contribution is 2.27. The molecule has 1 aromatic rings. The van der Waals surface area contributed by atoms with E-state index in [1.54, 1.807) is 0 Å². The number of hydrogen-bond acceptors (Lipinski definition) is 3. The lowest BCUT2D eigenvalue weighted by Gasteiger charge is -2.13. The zero-order valence-electron chi connectivity index (χ0n) is 8.36. The van der Waals surface area contributed by atoms with Crippen LogP contribution in [-0.4, -0.2) is 21.1 Å². The molecule has 0 unspecified atom stereocenters. The maximum Gasteiger partial charge on any atom is 0.0411 e. The van der Waals surface area contributed by atoms with Crippen molar-refractivity contribution in [3.05, 3.63) is 24.6 Å². The zero-order chi connectivity index (χ0) is 9.84. The third-order valence-corrected chi connectivity index (χ3v) is 2.08. The van der Waals surface area contributed by atoms with Crippen molar-refractivity contribution in [2.24, 2.45) is 0 Å². The van der Waals surface area contributed by atoms with Gasteiger partial charge in [-0.15, -0.1) is 0 Å². The van der Waals surface area contributed by atoms with E-state index in [2.05, 4.69) is 22.9 Å². The van der Waals surface area contributed by atoms with Crippen molar-refractivity contribution < 1.29 is 0 Å². The van der Waals surface area contributed by atoms with Crippen LogP contribution in [0.2, 0.25) is 0 Å². The van der Waals surface area contributed by atoms with E-state index in [1.165, 1.54) is 0 Å². The minimum atomic E-state index is 0.990. The molecule has 0 amide bonds. The van der Waals surface area contributed by atoms with Gasteiger partial charge in [0.15, 0.2) is 0 Å². The SMILES string of the molecule is [CH2]c1c(NC)cc(NC)cc1NC. The summed E-state index contributed by atoms with van der Waals surface area (Å²) in [6.07, 6.45) is 0. The van der Waals surface area contributed by atoms with E-state index in [9.17, 15) is 0 Å². The molecule has 0 aromatic heterocycles. The van der Waals surface area contributed by atoms with Crippen LogP contribution in [0.15, 0.2) is 12.1 Å². The highest BCUT2D eigenvalue weighted by molar-refractivity contribution is 5.74. The molecule has 71 valence electrons. The second kappa shape index (κ2) is 4.03. The molecule has 0 saturated carbocycles. The normalized spacial score (nSPS) is 9.54. The van der Waals surface area contributed by atoms with Gasteiger partial charge in [0.2, 0.25) is 0 Å². The van der Waals surface area contributed by atoms with Gasteiger partial charge >= 0.3 is 0 Å². The lowest BCUT2D eigenvalue weighted by atomic mass is 10.1. The molecule has 1 aromatic carbocycles. The Morgan fingerprint density at radius 3 is 1.69 bits per heavy atom. The van der Waals surface area contributed by atoms with E-state index in [0.717, 1.165) is 22.6 Å². The fourth-order valence-corrected chi connectivity index (χ4v) is 1.26. The van der Waals surface area contributed by atoms with Crippen LogP contribution in [0.3, 0.4) is 0 Å². The summed E-state index contributed by atoms with van der Waals surface area (Å²) < 4.78 is 0. The molecular weight excluding hydrogens is 162 g/mol. The Labute approximate surface area is 79.5 Å². The Morgan fingerprint density at radius 1 is 0.923 bits per heavy atom. The van der Waals surface area contributed by atoms with Crippen LogP contribution in [0.25, 0.3) is 0 Å². The molecule has 3 N–H and O–H groups in total. The first-order valence-electron chi connectivity index (χ1n) is 4.26. The molecule has 1 radical (unpaired) electrons. The fourth-order valence-electron chi connectivity index (χ4n) is 1.26. The van der Waals surface area contributed by atoms with Crippen LogP contribution >= 0.6 is 0 Å². The second-order valence-electron chi connectivity index (χ2n) is 2.80. The van der Waals surface area contributed by atoms with Gasteiger partial charge in [-0.3, -0.25) is 0 Å². The number of rotatable bonds is 3. The fraction of sp³-hybridized carbons (Fsp3) is 0.300. The van der Waals surface area contributed by atoms with Gasteiger partial charge in [-0.1, -0.05) is 0 Å². The minimum Gasteiger partial charge on any atom is -0.388 e. The standard InChI is InChI=1S/C10H16N3/c1-7-9(12-3)5-8(11-2)6-10(7)13-4/h5-6,11-13H,1H2,2-4H3. The molecule has 3 heteroatoms. The third kappa shape index (κ3) is 1.86. The average Bonchev–Trinajstić information content (AvgIpc) is 2.18. The maximum atomic E-state index is 3.98. The summed E-state index contributed by atoms with van der Waals surface area (Å²) in [7, 11) is 5.68. The molecule has 1 rings (SSSR count). The third-order valence-electron chi connectivity index (χ3n) is 2.08.